The molecule has 6 heteroatoms. The van der Waals surface area contributed by atoms with Crippen LogP contribution in [0.2, 0.25) is 0 Å². The Hall–Kier alpha value is 1.06. The molecule has 0 spiro atoms. The van der Waals surface area contributed by atoms with Crippen molar-refractivity contribution in [3.8, 4) is 0 Å². The Kier molecular flexibility index (Phi) is 7.96. The zero-order valence-corrected chi connectivity index (χ0v) is 16.0. The lowest BCUT2D eigenvalue weighted by molar-refractivity contribution is 0.258. The van der Waals surface area contributed by atoms with Gasteiger partial charge in [0.2, 0.25) is 0 Å². The molecule has 0 heterocycles. The van der Waals surface area contributed by atoms with E-state index in [0.717, 1.165) is 32.9 Å². The normalized spacial score (nSPS) is 11.0. The molecule has 0 aliphatic carbocycles. The number of rotatable bonds is 6. The Balaban J connectivity index is 3.71. The minimum atomic E-state index is -0.0562. The number of hydrogen-bond acceptors (Lipinski definition) is 2. The van der Waals surface area contributed by atoms with Crippen molar-refractivity contribution in [1.82, 2.24) is 0 Å². The molecule has 0 amide bonds. The van der Waals surface area contributed by atoms with E-state index >= 15 is 0 Å². The van der Waals surface area contributed by atoms with Crippen molar-refractivity contribution in [3.63, 3.8) is 0 Å². The van der Waals surface area contributed by atoms with Crippen LogP contribution in [0, 0.1) is 0 Å². The number of benzene rings is 1. The van der Waals surface area contributed by atoms with E-state index in [4.69, 9.17) is 0 Å². The van der Waals surface area contributed by atoms with Crippen molar-refractivity contribution < 1.29 is 10.2 Å². The molecule has 0 aliphatic heterocycles. The molecule has 18 heavy (non-hydrogen) atoms. The number of aliphatic hydroxyl groups excluding tert-OH is 2. The summed E-state index contributed by atoms with van der Waals surface area (Å²) in [7, 11) is 0. The molecule has 0 unspecified atom stereocenters. The lowest BCUT2D eigenvalue weighted by Gasteiger charge is -2.22. The van der Waals surface area contributed by atoms with Crippen molar-refractivity contribution in [2.45, 2.75) is 34.5 Å². The van der Waals surface area contributed by atoms with Gasteiger partial charge in [0.05, 0.1) is 13.2 Å². The molecule has 102 valence electrons. The van der Waals surface area contributed by atoms with Gasteiger partial charge in [-0.2, -0.15) is 0 Å². The first-order valence-corrected chi connectivity index (χ1v) is 9.81. The Morgan fingerprint density at radius 3 is 0.889 bits per heavy atom. The van der Waals surface area contributed by atoms with Crippen LogP contribution >= 0.6 is 63.7 Å². The van der Waals surface area contributed by atoms with E-state index in [1.165, 1.54) is 11.1 Å². The van der Waals surface area contributed by atoms with Gasteiger partial charge in [0, 0.05) is 21.3 Å². The summed E-state index contributed by atoms with van der Waals surface area (Å²) in [5.74, 6) is 0. The summed E-state index contributed by atoms with van der Waals surface area (Å²) in [6.45, 7) is -0.112. The largest absolute Gasteiger partial charge is 0.392 e. The molecule has 0 saturated carbocycles. The highest BCUT2D eigenvalue weighted by Gasteiger charge is 2.20. The average molecular weight is 510 g/mol. The maximum absolute atomic E-state index is 9.59. The monoisotopic (exact) mass is 506 g/mol. The fourth-order valence-corrected chi connectivity index (χ4v) is 4.83. The van der Waals surface area contributed by atoms with Gasteiger partial charge in [0.15, 0.2) is 0 Å². The molecule has 2 N–H and O–H groups in total. The fraction of sp³-hybridized carbons (Fsp3) is 0.500. The third-order valence-electron chi connectivity index (χ3n) is 3.04. The molecule has 0 atom stereocenters. The van der Waals surface area contributed by atoms with Crippen LogP contribution in [0.1, 0.15) is 33.4 Å². The van der Waals surface area contributed by atoms with Crippen LogP contribution in [0.5, 0.6) is 0 Å². The molecule has 0 aliphatic rings. The summed E-state index contributed by atoms with van der Waals surface area (Å²) in [6, 6.07) is 0. The molecule has 0 radical (unpaired) electrons. The topological polar surface area (TPSA) is 40.5 Å². The van der Waals surface area contributed by atoms with Gasteiger partial charge < -0.3 is 10.2 Å². The first kappa shape index (κ1) is 17.1. The number of aliphatic hydroxyl groups is 2. The van der Waals surface area contributed by atoms with E-state index in [9.17, 15) is 10.2 Å². The second kappa shape index (κ2) is 8.37. The van der Waals surface area contributed by atoms with E-state index in [1.807, 2.05) is 0 Å². The summed E-state index contributed by atoms with van der Waals surface area (Å²) >= 11 is 14.0. The first-order valence-electron chi connectivity index (χ1n) is 5.32. The molecule has 0 aromatic heterocycles. The SMILES string of the molecule is OCc1c(CO)c(CBr)c(CBr)c(CBr)c1CBr. The zero-order chi connectivity index (χ0) is 13.7. The van der Waals surface area contributed by atoms with E-state index in [2.05, 4.69) is 63.7 Å². The number of hydrogen-bond donors (Lipinski definition) is 2. The van der Waals surface area contributed by atoms with Gasteiger partial charge in [-0.25, -0.2) is 0 Å². The number of alkyl halides is 4. The smallest absolute Gasteiger partial charge is 0.0688 e. The summed E-state index contributed by atoms with van der Waals surface area (Å²) < 4.78 is 0. The first-order chi connectivity index (χ1) is 8.69. The van der Waals surface area contributed by atoms with E-state index in [0.29, 0.717) is 10.7 Å². The van der Waals surface area contributed by atoms with Gasteiger partial charge in [-0.1, -0.05) is 63.7 Å². The molecular formula is C12H14Br4O2. The zero-order valence-electron chi connectivity index (χ0n) is 9.65. The summed E-state index contributed by atoms with van der Waals surface area (Å²) in [4.78, 5) is 0. The predicted molar refractivity (Wildman–Crippen MR) is 88.8 cm³/mol. The minimum Gasteiger partial charge on any atom is -0.392 e. The maximum atomic E-state index is 9.59. The van der Waals surface area contributed by atoms with Crippen LogP contribution in [0.4, 0.5) is 0 Å². The quantitative estimate of drug-likeness (QED) is 0.563. The molecule has 2 nitrogen and oxygen atoms in total. The lowest BCUT2D eigenvalue weighted by Crippen LogP contribution is -2.11. The maximum Gasteiger partial charge on any atom is 0.0688 e. The van der Waals surface area contributed by atoms with Crippen LogP contribution in [-0.2, 0) is 34.5 Å². The second-order valence-electron chi connectivity index (χ2n) is 3.72. The van der Waals surface area contributed by atoms with Crippen LogP contribution in [0.25, 0.3) is 0 Å². The van der Waals surface area contributed by atoms with E-state index in [1.54, 1.807) is 0 Å². The van der Waals surface area contributed by atoms with Crippen molar-refractivity contribution >= 4 is 63.7 Å². The number of halogens is 4. The van der Waals surface area contributed by atoms with Crippen molar-refractivity contribution in [3.05, 3.63) is 33.4 Å². The Labute approximate surface area is 141 Å². The molecular weight excluding hydrogens is 496 g/mol. The highest BCUT2D eigenvalue weighted by atomic mass is 79.9. The van der Waals surface area contributed by atoms with Gasteiger partial charge in [-0.3, -0.25) is 0 Å². The standard InChI is InChI=1S/C12H14Br4O2/c13-1-7-8(2-14)10(4-16)12(6-18)11(5-17)9(7)3-15/h17-18H,1-6H2. The van der Waals surface area contributed by atoms with Crippen LogP contribution < -0.4 is 0 Å². The van der Waals surface area contributed by atoms with Gasteiger partial charge in [0.25, 0.3) is 0 Å². The van der Waals surface area contributed by atoms with Crippen LogP contribution in [-0.4, -0.2) is 10.2 Å². The Morgan fingerprint density at radius 2 is 0.722 bits per heavy atom. The summed E-state index contributed by atoms with van der Waals surface area (Å²) in [5.41, 5.74) is 6.17. The van der Waals surface area contributed by atoms with Crippen LogP contribution in [0.3, 0.4) is 0 Å². The second-order valence-corrected chi connectivity index (χ2v) is 5.97. The van der Waals surface area contributed by atoms with E-state index < -0.39 is 0 Å². The Morgan fingerprint density at radius 1 is 0.500 bits per heavy atom. The molecule has 0 saturated heterocycles. The summed E-state index contributed by atoms with van der Waals surface area (Å²) in [5, 5.41) is 22.0. The molecule has 0 bridgehead atoms. The predicted octanol–water partition coefficient (Wildman–Crippen LogP) is 4.25. The van der Waals surface area contributed by atoms with Gasteiger partial charge in [-0.15, -0.1) is 0 Å². The minimum absolute atomic E-state index is 0.0562. The average Bonchev–Trinajstić information content (AvgIpc) is 2.43. The van der Waals surface area contributed by atoms with Crippen molar-refractivity contribution in [1.29, 1.82) is 0 Å². The fourth-order valence-electron chi connectivity index (χ4n) is 2.12. The van der Waals surface area contributed by atoms with Gasteiger partial charge in [0.1, 0.15) is 0 Å². The highest BCUT2D eigenvalue weighted by Crippen LogP contribution is 2.34. The van der Waals surface area contributed by atoms with Crippen LogP contribution in [0.15, 0.2) is 0 Å². The van der Waals surface area contributed by atoms with Gasteiger partial charge in [-0.05, 0) is 33.4 Å². The van der Waals surface area contributed by atoms with E-state index in [-0.39, 0.29) is 13.2 Å². The molecule has 0 fully saturated rings. The third kappa shape index (κ3) is 3.20. The summed E-state index contributed by atoms with van der Waals surface area (Å²) in [6.07, 6.45) is 0. The Bertz CT molecular complexity index is 301. The van der Waals surface area contributed by atoms with Gasteiger partial charge >= 0.3 is 0 Å². The third-order valence-corrected chi connectivity index (χ3v) is 5.28. The van der Waals surface area contributed by atoms with Crippen molar-refractivity contribution in [2.24, 2.45) is 0 Å². The molecule has 1 aromatic rings. The highest BCUT2D eigenvalue weighted by molar-refractivity contribution is 9.09. The molecule has 1 aromatic carbocycles. The molecule has 1 rings (SSSR count). The lowest BCUT2D eigenvalue weighted by atomic mass is 9.89. The van der Waals surface area contributed by atoms with Crippen molar-refractivity contribution in [2.75, 3.05) is 0 Å².